The van der Waals surface area contributed by atoms with Crippen LogP contribution in [0.25, 0.3) is 0 Å². The van der Waals surface area contributed by atoms with Crippen LogP contribution in [0.4, 0.5) is 11.4 Å². The molecule has 0 atom stereocenters. The summed E-state index contributed by atoms with van der Waals surface area (Å²) in [7, 11) is -4.22. The SMILES string of the molecule is O=[N+]([O-])c1ccc(/C=N/Nc2ccc(S(=O)(=O)O)cc2)cc1. The lowest BCUT2D eigenvalue weighted by Crippen LogP contribution is -1.98. The third kappa shape index (κ3) is 4.11. The Morgan fingerprint density at radius 3 is 2.18 bits per heavy atom. The number of nitro groups is 1. The van der Waals surface area contributed by atoms with E-state index in [0.29, 0.717) is 11.3 Å². The van der Waals surface area contributed by atoms with Crippen molar-refractivity contribution in [2.24, 2.45) is 5.10 Å². The molecule has 8 nitrogen and oxygen atoms in total. The van der Waals surface area contributed by atoms with Gasteiger partial charge < -0.3 is 0 Å². The molecular formula is C13H11N3O5S. The molecule has 0 saturated heterocycles. The first-order chi connectivity index (χ1) is 10.4. The molecule has 0 fully saturated rings. The van der Waals surface area contributed by atoms with Crippen LogP contribution in [0.1, 0.15) is 5.56 Å². The van der Waals surface area contributed by atoms with E-state index in [-0.39, 0.29) is 10.6 Å². The van der Waals surface area contributed by atoms with Gasteiger partial charge in [0.2, 0.25) is 0 Å². The Labute approximate surface area is 126 Å². The Morgan fingerprint density at radius 2 is 1.68 bits per heavy atom. The monoisotopic (exact) mass is 321 g/mol. The van der Waals surface area contributed by atoms with Crippen LogP contribution >= 0.6 is 0 Å². The topological polar surface area (TPSA) is 122 Å². The average Bonchev–Trinajstić information content (AvgIpc) is 2.47. The zero-order chi connectivity index (χ0) is 16.2. The van der Waals surface area contributed by atoms with Gasteiger partial charge in [0.15, 0.2) is 0 Å². The zero-order valence-electron chi connectivity index (χ0n) is 11.1. The first-order valence-electron chi connectivity index (χ1n) is 5.97. The van der Waals surface area contributed by atoms with Crippen LogP contribution in [0.2, 0.25) is 0 Å². The van der Waals surface area contributed by atoms with Crippen LogP contribution in [-0.2, 0) is 10.1 Å². The lowest BCUT2D eigenvalue weighted by Gasteiger charge is -2.01. The minimum absolute atomic E-state index is 0.00842. The largest absolute Gasteiger partial charge is 0.294 e. The normalized spacial score (nSPS) is 11.5. The maximum Gasteiger partial charge on any atom is 0.294 e. The summed E-state index contributed by atoms with van der Waals surface area (Å²) in [6, 6.07) is 11.2. The maximum absolute atomic E-state index is 10.9. The average molecular weight is 321 g/mol. The number of benzene rings is 2. The van der Waals surface area contributed by atoms with E-state index in [1.54, 1.807) is 12.1 Å². The second kappa shape index (κ2) is 6.33. The van der Waals surface area contributed by atoms with Crippen molar-refractivity contribution in [2.45, 2.75) is 4.90 Å². The number of hydrogen-bond donors (Lipinski definition) is 2. The maximum atomic E-state index is 10.9. The molecule has 2 aromatic carbocycles. The predicted molar refractivity (Wildman–Crippen MR) is 80.6 cm³/mol. The predicted octanol–water partition coefficient (Wildman–Crippen LogP) is 2.29. The highest BCUT2D eigenvalue weighted by Crippen LogP contribution is 2.14. The summed E-state index contributed by atoms with van der Waals surface area (Å²) < 4.78 is 30.6. The fraction of sp³-hybridized carbons (Fsp3) is 0. The van der Waals surface area contributed by atoms with Gasteiger partial charge in [-0.1, -0.05) is 0 Å². The molecule has 0 bridgehead atoms. The van der Waals surface area contributed by atoms with Gasteiger partial charge in [0.1, 0.15) is 0 Å². The summed E-state index contributed by atoms with van der Waals surface area (Å²) in [5.41, 5.74) is 3.84. The Kier molecular flexibility index (Phi) is 4.49. The highest BCUT2D eigenvalue weighted by molar-refractivity contribution is 7.85. The number of nitro benzene ring substituents is 1. The van der Waals surface area contributed by atoms with Gasteiger partial charge in [0, 0.05) is 12.1 Å². The summed E-state index contributed by atoms with van der Waals surface area (Å²) in [4.78, 5) is 9.81. The van der Waals surface area contributed by atoms with Crippen molar-refractivity contribution in [3.8, 4) is 0 Å². The molecular weight excluding hydrogens is 310 g/mol. The second-order valence-electron chi connectivity index (χ2n) is 4.22. The van der Waals surface area contributed by atoms with Gasteiger partial charge in [-0.25, -0.2) is 0 Å². The number of hydrogen-bond acceptors (Lipinski definition) is 6. The van der Waals surface area contributed by atoms with Crippen LogP contribution in [0, 0.1) is 10.1 Å². The lowest BCUT2D eigenvalue weighted by molar-refractivity contribution is -0.384. The lowest BCUT2D eigenvalue weighted by atomic mass is 10.2. The van der Waals surface area contributed by atoms with Crippen molar-refractivity contribution >= 4 is 27.7 Å². The molecule has 0 heterocycles. The fourth-order valence-corrected chi connectivity index (χ4v) is 2.04. The minimum atomic E-state index is -4.22. The molecule has 0 radical (unpaired) electrons. The van der Waals surface area contributed by atoms with Gasteiger partial charge in [-0.15, -0.1) is 0 Å². The zero-order valence-corrected chi connectivity index (χ0v) is 11.9. The first-order valence-corrected chi connectivity index (χ1v) is 7.41. The second-order valence-corrected chi connectivity index (χ2v) is 5.64. The molecule has 0 aliphatic heterocycles. The number of non-ortho nitro benzene ring substituents is 1. The van der Waals surface area contributed by atoms with E-state index in [2.05, 4.69) is 10.5 Å². The molecule has 0 aliphatic carbocycles. The molecule has 2 N–H and O–H groups in total. The summed E-state index contributed by atoms with van der Waals surface area (Å²) >= 11 is 0. The van der Waals surface area contributed by atoms with Crippen molar-refractivity contribution in [2.75, 3.05) is 5.43 Å². The smallest absolute Gasteiger partial charge is 0.282 e. The fourth-order valence-electron chi connectivity index (χ4n) is 1.56. The highest BCUT2D eigenvalue weighted by atomic mass is 32.2. The van der Waals surface area contributed by atoms with Crippen LogP contribution in [0.15, 0.2) is 58.5 Å². The Morgan fingerprint density at radius 1 is 1.09 bits per heavy atom. The van der Waals surface area contributed by atoms with Gasteiger partial charge in [-0.2, -0.15) is 13.5 Å². The highest BCUT2D eigenvalue weighted by Gasteiger charge is 2.08. The van der Waals surface area contributed by atoms with E-state index in [1.165, 1.54) is 42.6 Å². The van der Waals surface area contributed by atoms with Gasteiger partial charge >= 0.3 is 0 Å². The Balaban J connectivity index is 2.01. The van der Waals surface area contributed by atoms with Crippen molar-refractivity contribution in [3.63, 3.8) is 0 Å². The van der Waals surface area contributed by atoms with Gasteiger partial charge in [-0.05, 0) is 42.0 Å². The Hall–Kier alpha value is -2.78. The van der Waals surface area contributed by atoms with Crippen LogP contribution < -0.4 is 5.43 Å². The first kappa shape index (κ1) is 15.6. The molecule has 22 heavy (non-hydrogen) atoms. The third-order valence-electron chi connectivity index (χ3n) is 2.66. The number of nitrogens with zero attached hydrogens (tertiary/aromatic N) is 2. The molecule has 0 spiro atoms. The van der Waals surface area contributed by atoms with Crippen molar-refractivity contribution in [1.29, 1.82) is 0 Å². The minimum Gasteiger partial charge on any atom is -0.282 e. The number of anilines is 1. The summed E-state index contributed by atoms with van der Waals surface area (Å²) in [5, 5.41) is 14.4. The van der Waals surface area contributed by atoms with E-state index in [1.807, 2.05) is 0 Å². The van der Waals surface area contributed by atoms with E-state index >= 15 is 0 Å². The standard InChI is InChI=1S/C13H11N3O5S/c17-16(18)12-5-1-10(2-6-12)9-14-15-11-3-7-13(8-4-11)22(19,20)21/h1-9,15H,(H,19,20,21)/b14-9+. The molecule has 2 aromatic rings. The summed E-state index contributed by atoms with van der Waals surface area (Å²) in [6.07, 6.45) is 1.46. The molecule has 0 amide bonds. The molecule has 9 heteroatoms. The molecule has 2 rings (SSSR count). The third-order valence-corrected chi connectivity index (χ3v) is 3.53. The number of rotatable bonds is 5. The molecule has 114 valence electrons. The number of hydrazone groups is 1. The van der Waals surface area contributed by atoms with Gasteiger partial charge in [0.25, 0.3) is 15.8 Å². The molecule has 0 aliphatic rings. The van der Waals surface area contributed by atoms with Crippen LogP contribution in [0.5, 0.6) is 0 Å². The van der Waals surface area contributed by atoms with E-state index in [9.17, 15) is 18.5 Å². The van der Waals surface area contributed by atoms with Crippen molar-refractivity contribution in [1.82, 2.24) is 0 Å². The quantitative estimate of drug-likeness (QED) is 0.377. The summed E-state index contributed by atoms with van der Waals surface area (Å²) in [5.74, 6) is 0. The molecule has 0 saturated carbocycles. The van der Waals surface area contributed by atoms with E-state index in [0.717, 1.165) is 0 Å². The van der Waals surface area contributed by atoms with Crippen LogP contribution in [0.3, 0.4) is 0 Å². The van der Waals surface area contributed by atoms with E-state index in [4.69, 9.17) is 4.55 Å². The number of nitrogens with one attached hydrogen (secondary N) is 1. The van der Waals surface area contributed by atoms with Gasteiger partial charge in [-0.3, -0.25) is 20.1 Å². The van der Waals surface area contributed by atoms with E-state index < -0.39 is 15.0 Å². The molecule has 0 unspecified atom stereocenters. The Bertz CT molecular complexity index is 799. The van der Waals surface area contributed by atoms with Crippen molar-refractivity contribution in [3.05, 3.63) is 64.2 Å². The van der Waals surface area contributed by atoms with Gasteiger partial charge in [0.05, 0.1) is 21.7 Å². The van der Waals surface area contributed by atoms with Crippen LogP contribution in [-0.4, -0.2) is 24.1 Å². The van der Waals surface area contributed by atoms with Crippen molar-refractivity contribution < 1.29 is 17.9 Å². The summed E-state index contributed by atoms with van der Waals surface area (Å²) in [6.45, 7) is 0. The molecule has 0 aromatic heterocycles.